The van der Waals surface area contributed by atoms with Crippen LogP contribution in [0.1, 0.15) is 39.2 Å². The van der Waals surface area contributed by atoms with E-state index in [9.17, 15) is 24.9 Å². The minimum atomic E-state index is -1.39. The van der Waals surface area contributed by atoms with Gasteiger partial charge in [0, 0.05) is 11.6 Å². The zero-order chi connectivity index (χ0) is 22.1. The maximum absolute atomic E-state index is 13.2. The first-order valence-corrected chi connectivity index (χ1v) is 9.49. The Morgan fingerprint density at radius 3 is 2.48 bits per heavy atom. The number of aromatic hydroxyl groups is 1. The second-order valence-corrected chi connectivity index (χ2v) is 7.11. The van der Waals surface area contributed by atoms with Gasteiger partial charge in [-0.2, -0.15) is 0 Å². The highest BCUT2D eigenvalue weighted by Crippen LogP contribution is 2.40. The molecule has 0 spiro atoms. The molecule has 0 aliphatic heterocycles. The molecule has 31 heavy (non-hydrogen) atoms. The molecule has 7 nitrogen and oxygen atoms in total. The molecule has 0 aliphatic carbocycles. The highest BCUT2D eigenvalue weighted by atomic mass is 16.4. The molecule has 0 saturated carbocycles. The SMILES string of the molecule is C/C(=C\c1cccc2c(C(=O)c3oc(C(=O)O)c(-c4ccccc4)c3O)c[nH]c12)CO. The van der Waals surface area contributed by atoms with Gasteiger partial charge in [-0.05, 0) is 23.6 Å². The quantitative estimate of drug-likeness (QED) is 0.344. The van der Waals surface area contributed by atoms with E-state index in [-0.39, 0.29) is 17.7 Å². The second kappa shape index (κ2) is 7.97. The minimum Gasteiger partial charge on any atom is -0.504 e. The first-order valence-electron chi connectivity index (χ1n) is 9.49. The largest absolute Gasteiger partial charge is 0.504 e. The predicted octanol–water partition coefficient (Wildman–Crippen LogP) is 4.46. The number of aromatic carboxylic acids is 1. The van der Waals surface area contributed by atoms with Crippen molar-refractivity contribution in [1.82, 2.24) is 4.98 Å². The molecule has 4 rings (SSSR count). The molecule has 0 radical (unpaired) electrons. The van der Waals surface area contributed by atoms with Crippen molar-refractivity contribution in [3.05, 3.63) is 82.9 Å². The van der Waals surface area contributed by atoms with E-state index in [1.165, 1.54) is 6.20 Å². The van der Waals surface area contributed by atoms with Crippen molar-refractivity contribution in [3.63, 3.8) is 0 Å². The fourth-order valence-electron chi connectivity index (χ4n) is 3.52. The Hall–Kier alpha value is -4.10. The van der Waals surface area contributed by atoms with Gasteiger partial charge in [0.2, 0.25) is 17.3 Å². The fourth-order valence-corrected chi connectivity index (χ4v) is 3.52. The van der Waals surface area contributed by atoms with Gasteiger partial charge < -0.3 is 24.7 Å². The van der Waals surface area contributed by atoms with Gasteiger partial charge in [-0.3, -0.25) is 4.79 Å². The number of aliphatic hydroxyl groups is 1. The molecular formula is C24H19NO6. The Balaban J connectivity index is 1.85. The molecule has 2 aromatic heterocycles. The zero-order valence-electron chi connectivity index (χ0n) is 16.5. The third kappa shape index (κ3) is 3.51. The van der Waals surface area contributed by atoms with Crippen LogP contribution < -0.4 is 0 Å². The van der Waals surface area contributed by atoms with Gasteiger partial charge in [0.25, 0.3) is 0 Å². The molecule has 4 N–H and O–H groups in total. The van der Waals surface area contributed by atoms with E-state index in [1.54, 1.807) is 55.5 Å². The Labute approximate surface area is 176 Å². The lowest BCUT2D eigenvalue weighted by Crippen LogP contribution is -1.99. The van der Waals surface area contributed by atoms with Crippen LogP contribution in [-0.2, 0) is 0 Å². The minimum absolute atomic E-state index is 0.0431. The number of carbonyl (C=O) groups excluding carboxylic acids is 1. The fraction of sp³-hybridized carbons (Fsp3) is 0.0833. The summed E-state index contributed by atoms with van der Waals surface area (Å²) in [5.41, 5.74) is 2.81. The van der Waals surface area contributed by atoms with Crippen molar-refractivity contribution < 1.29 is 29.3 Å². The van der Waals surface area contributed by atoms with Crippen molar-refractivity contribution in [2.75, 3.05) is 6.61 Å². The number of ketones is 1. The standard InChI is InChI=1S/C24H19NO6/c1-13(12-26)10-15-8-5-9-16-17(11-25-19(15)16)20(27)23-21(28)18(22(31-23)24(29)30)14-6-3-2-4-7-14/h2-11,25-26,28H,12H2,1H3,(H,29,30)/b13-10+. The first kappa shape index (κ1) is 20.2. The summed E-state index contributed by atoms with van der Waals surface area (Å²) >= 11 is 0. The third-order valence-electron chi connectivity index (χ3n) is 4.99. The Morgan fingerprint density at radius 1 is 1.06 bits per heavy atom. The summed E-state index contributed by atoms with van der Waals surface area (Å²) < 4.78 is 5.35. The van der Waals surface area contributed by atoms with Gasteiger partial charge >= 0.3 is 5.97 Å². The van der Waals surface area contributed by atoms with E-state index in [0.717, 1.165) is 11.1 Å². The lowest BCUT2D eigenvalue weighted by molar-refractivity contribution is 0.0661. The summed E-state index contributed by atoms with van der Waals surface area (Å²) in [5.74, 6) is -3.50. The molecule has 7 heteroatoms. The van der Waals surface area contributed by atoms with Crippen molar-refractivity contribution in [2.45, 2.75) is 6.92 Å². The molecule has 0 aliphatic rings. The third-order valence-corrected chi connectivity index (χ3v) is 4.99. The summed E-state index contributed by atoms with van der Waals surface area (Å²) in [4.78, 5) is 28.0. The van der Waals surface area contributed by atoms with Crippen LogP contribution in [0.4, 0.5) is 0 Å². The summed E-state index contributed by atoms with van der Waals surface area (Å²) in [6, 6.07) is 13.7. The number of carboxylic acid groups (broad SMARTS) is 1. The number of para-hydroxylation sites is 1. The lowest BCUT2D eigenvalue weighted by atomic mass is 10.0. The molecule has 0 atom stereocenters. The number of aromatic amines is 1. The Kier molecular flexibility index (Phi) is 5.19. The molecule has 0 unspecified atom stereocenters. The molecule has 2 aromatic carbocycles. The molecule has 0 fully saturated rings. The van der Waals surface area contributed by atoms with Crippen LogP contribution in [0.15, 0.2) is 64.7 Å². The van der Waals surface area contributed by atoms with E-state index >= 15 is 0 Å². The number of aromatic nitrogens is 1. The molecular weight excluding hydrogens is 398 g/mol. The average Bonchev–Trinajstić information content (AvgIpc) is 3.36. The van der Waals surface area contributed by atoms with Gasteiger partial charge in [0.15, 0.2) is 5.75 Å². The number of hydrogen-bond donors (Lipinski definition) is 4. The van der Waals surface area contributed by atoms with E-state index in [0.29, 0.717) is 16.5 Å². The molecule has 0 bridgehead atoms. The average molecular weight is 417 g/mol. The first-order chi connectivity index (χ1) is 14.9. The van der Waals surface area contributed by atoms with Crippen LogP contribution in [0.3, 0.4) is 0 Å². The van der Waals surface area contributed by atoms with Crippen molar-refractivity contribution in [2.24, 2.45) is 0 Å². The number of fused-ring (bicyclic) bond motifs is 1. The number of aliphatic hydroxyl groups excluding tert-OH is 1. The number of benzene rings is 2. The summed E-state index contributed by atoms with van der Waals surface area (Å²) in [6.45, 7) is 1.69. The summed E-state index contributed by atoms with van der Waals surface area (Å²) in [6.07, 6.45) is 3.29. The number of nitrogens with one attached hydrogen (secondary N) is 1. The monoisotopic (exact) mass is 417 g/mol. The van der Waals surface area contributed by atoms with Gasteiger partial charge in [-0.15, -0.1) is 0 Å². The van der Waals surface area contributed by atoms with Crippen LogP contribution in [0, 0.1) is 0 Å². The van der Waals surface area contributed by atoms with E-state index in [2.05, 4.69) is 4.98 Å². The normalized spacial score (nSPS) is 11.7. The van der Waals surface area contributed by atoms with Gasteiger partial charge in [0.05, 0.1) is 23.3 Å². The molecule has 0 amide bonds. The smallest absolute Gasteiger partial charge is 0.372 e. The topological polar surface area (TPSA) is 124 Å². The Morgan fingerprint density at radius 2 is 1.81 bits per heavy atom. The van der Waals surface area contributed by atoms with E-state index in [4.69, 9.17) is 4.42 Å². The summed E-state index contributed by atoms with van der Waals surface area (Å²) in [5, 5.41) is 30.1. The highest BCUT2D eigenvalue weighted by molar-refractivity contribution is 6.18. The molecule has 0 saturated heterocycles. The Bertz CT molecular complexity index is 1330. The zero-order valence-corrected chi connectivity index (χ0v) is 16.5. The number of furan rings is 1. The molecule has 156 valence electrons. The van der Waals surface area contributed by atoms with E-state index in [1.807, 2.05) is 6.07 Å². The van der Waals surface area contributed by atoms with E-state index < -0.39 is 29.0 Å². The number of carbonyl (C=O) groups is 2. The van der Waals surface area contributed by atoms with Crippen LogP contribution in [-0.4, -0.2) is 38.7 Å². The van der Waals surface area contributed by atoms with Gasteiger partial charge in [0.1, 0.15) is 0 Å². The molecule has 2 heterocycles. The van der Waals surface area contributed by atoms with Crippen molar-refractivity contribution in [1.29, 1.82) is 0 Å². The van der Waals surface area contributed by atoms with Gasteiger partial charge in [-0.1, -0.05) is 54.6 Å². The van der Waals surface area contributed by atoms with Gasteiger partial charge in [-0.25, -0.2) is 4.79 Å². The highest BCUT2D eigenvalue weighted by Gasteiger charge is 2.31. The van der Waals surface area contributed by atoms with Crippen LogP contribution in [0.25, 0.3) is 28.1 Å². The van der Waals surface area contributed by atoms with Crippen molar-refractivity contribution >= 4 is 28.7 Å². The number of carboxylic acids is 1. The lowest BCUT2D eigenvalue weighted by Gasteiger charge is -2.01. The number of H-pyrrole nitrogens is 1. The second-order valence-electron chi connectivity index (χ2n) is 7.11. The summed E-state index contributed by atoms with van der Waals surface area (Å²) in [7, 11) is 0. The molecule has 4 aromatic rings. The maximum Gasteiger partial charge on any atom is 0.372 e. The van der Waals surface area contributed by atoms with Crippen LogP contribution >= 0.6 is 0 Å². The predicted molar refractivity (Wildman–Crippen MR) is 115 cm³/mol. The van der Waals surface area contributed by atoms with Crippen LogP contribution in [0.5, 0.6) is 5.75 Å². The number of rotatable bonds is 6. The van der Waals surface area contributed by atoms with Crippen molar-refractivity contribution in [3.8, 4) is 16.9 Å². The number of hydrogen-bond acceptors (Lipinski definition) is 5. The van der Waals surface area contributed by atoms with Crippen LogP contribution in [0.2, 0.25) is 0 Å². The maximum atomic E-state index is 13.2.